The van der Waals surface area contributed by atoms with Crippen molar-refractivity contribution in [1.29, 1.82) is 0 Å². The molecule has 136 valence electrons. The van der Waals surface area contributed by atoms with Gasteiger partial charge in [-0.1, -0.05) is 40.2 Å². The summed E-state index contributed by atoms with van der Waals surface area (Å²) in [5, 5.41) is 0. The molecule has 2 heterocycles. The van der Waals surface area contributed by atoms with E-state index in [4.69, 9.17) is 0 Å². The summed E-state index contributed by atoms with van der Waals surface area (Å²) in [5.74, 6) is -0.499. The topological polar surface area (TPSA) is 55.2 Å². The first-order valence-corrected chi connectivity index (χ1v) is 9.58. The van der Waals surface area contributed by atoms with Gasteiger partial charge < -0.3 is 0 Å². The van der Waals surface area contributed by atoms with Crippen LogP contribution in [0.3, 0.4) is 0 Å². The maximum atomic E-state index is 12.6. The molecule has 0 atom stereocenters. The van der Waals surface area contributed by atoms with Crippen LogP contribution in [0, 0.1) is 0 Å². The first kappa shape index (κ1) is 16.9. The molecule has 1 aliphatic heterocycles. The van der Waals surface area contributed by atoms with Crippen LogP contribution in [0.2, 0.25) is 0 Å². The molecule has 0 aliphatic carbocycles. The SMILES string of the molecule is O=C1c2ccccc2C(=O)N1Cc1ccc2c(c1)ncn2-c1cccc(Br)c1. The summed E-state index contributed by atoms with van der Waals surface area (Å²) < 4.78 is 3.00. The summed E-state index contributed by atoms with van der Waals surface area (Å²) in [7, 11) is 0. The second-order valence-corrected chi connectivity index (χ2v) is 7.58. The molecular weight excluding hydrogens is 418 g/mol. The number of aromatic nitrogens is 2. The Morgan fingerprint density at radius 3 is 2.32 bits per heavy atom. The normalized spacial score (nSPS) is 13.4. The molecule has 0 spiro atoms. The molecule has 1 aliphatic rings. The smallest absolute Gasteiger partial charge is 0.261 e. The highest BCUT2D eigenvalue weighted by molar-refractivity contribution is 9.10. The van der Waals surface area contributed by atoms with Gasteiger partial charge in [0.1, 0.15) is 6.33 Å². The Balaban J connectivity index is 1.47. The van der Waals surface area contributed by atoms with Crippen LogP contribution in [0.25, 0.3) is 16.7 Å². The Bertz CT molecular complexity index is 1230. The van der Waals surface area contributed by atoms with Gasteiger partial charge in [0.25, 0.3) is 11.8 Å². The lowest BCUT2D eigenvalue weighted by molar-refractivity contribution is 0.0642. The highest BCUT2D eigenvalue weighted by Gasteiger charge is 2.34. The lowest BCUT2D eigenvalue weighted by atomic mass is 10.1. The van der Waals surface area contributed by atoms with E-state index in [0.29, 0.717) is 11.1 Å². The van der Waals surface area contributed by atoms with E-state index in [9.17, 15) is 9.59 Å². The third-order valence-electron chi connectivity index (χ3n) is 4.92. The first-order chi connectivity index (χ1) is 13.6. The van der Waals surface area contributed by atoms with Crippen molar-refractivity contribution in [2.45, 2.75) is 6.54 Å². The van der Waals surface area contributed by atoms with E-state index in [0.717, 1.165) is 26.8 Å². The van der Waals surface area contributed by atoms with Crippen LogP contribution in [0.4, 0.5) is 0 Å². The predicted molar refractivity (Wildman–Crippen MR) is 109 cm³/mol. The van der Waals surface area contributed by atoms with Crippen molar-refractivity contribution < 1.29 is 9.59 Å². The number of fused-ring (bicyclic) bond motifs is 2. The Kier molecular flexibility index (Phi) is 3.87. The Hall–Kier alpha value is -3.25. The van der Waals surface area contributed by atoms with Gasteiger partial charge in [-0.15, -0.1) is 0 Å². The predicted octanol–water partition coefficient (Wildman–Crippen LogP) is 4.58. The number of nitrogens with zero attached hydrogens (tertiary/aromatic N) is 3. The molecule has 0 fully saturated rings. The van der Waals surface area contributed by atoms with Crippen molar-refractivity contribution in [1.82, 2.24) is 14.5 Å². The molecule has 0 bridgehead atoms. The molecule has 4 aromatic rings. The van der Waals surface area contributed by atoms with Gasteiger partial charge in [-0.05, 0) is 48.0 Å². The third kappa shape index (κ3) is 2.65. The number of halogens is 1. The van der Waals surface area contributed by atoms with Crippen molar-refractivity contribution in [3.63, 3.8) is 0 Å². The molecule has 5 nitrogen and oxygen atoms in total. The molecule has 0 N–H and O–H groups in total. The Morgan fingerprint density at radius 2 is 1.61 bits per heavy atom. The number of imidazole rings is 1. The molecular formula is C22H14BrN3O2. The zero-order valence-electron chi connectivity index (χ0n) is 14.7. The van der Waals surface area contributed by atoms with Crippen molar-refractivity contribution >= 4 is 38.8 Å². The van der Waals surface area contributed by atoms with Gasteiger partial charge in [-0.3, -0.25) is 19.1 Å². The van der Waals surface area contributed by atoms with Crippen LogP contribution in [0.5, 0.6) is 0 Å². The van der Waals surface area contributed by atoms with E-state index in [2.05, 4.69) is 20.9 Å². The fourth-order valence-corrected chi connectivity index (χ4v) is 3.94. The number of carbonyl (C=O) groups excluding carboxylic acids is 2. The largest absolute Gasteiger partial charge is 0.299 e. The number of benzene rings is 3. The average molecular weight is 432 g/mol. The number of hydrogen-bond acceptors (Lipinski definition) is 3. The lowest BCUT2D eigenvalue weighted by Gasteiger charge is -2.14. The van der Waals surface area contributed by atoms with Crippen molar-refractivity contribution in [2.24, 2.45) is 0 Å². The number of hydrogen-bond donors (Lipinski definition) is 0. The molecule has 2 amide bonds. The fraction of sp³-hybridized carbons (Fsp3) is 0.0455. The third-order valence-corrected chi connectivity index (χ3v) is 5.41. The van der Waals surface area contributed by atoms with Gasteiger partial charge in [0.05, 0.1) is 28.7 Å². The summed E-state index contributed by atoms with van der Waals surface area (Å²) >= 11 is 3.49. The molecule has 0 radical (unpaired) electrons. The zero-order chi connectivity index (χ0) is 19.3. The summed E-state index contributed by atoms with van der Waals surface area (Å²) in [5.41, 5.74) is 4.57. The molecule has 3 aromatic carbocycles. The first-order valence-electron chi connectivity index (χ1n) is 8.79. The fourth-order valence-electron chi connectivity index (χ4n) is 3.55. The van der Waals surface area contributed by atoms with Gasteiger partial charge >= 0.3 is 0 Å². The van der Waals surface area contributed by atoms with E-state index in [1.807, 2.05) is 47.0 Å². The second kappa shape index (κ2) is 6.42. The van der Waals surface area contributed by atoms with Crippen LogP contribution in [0.15, 0.2) is 77.5 Å². The molecule has 0 saturated heterocycles. The summed E-state index contributed by atoms with van der Waals surface area (Å²) in [4.78, 5) is 30.9. The van der Waals surface area contributed by atoms with E-state index in [-0.39, 0.29) is 18.4 Å². The molecule has 5 rings (SSSR count). The minimum absolute atomic E-state index is 0.228. The zero-order valence-corrected chi connectivity index (χ0v) is 16.3. The molecule has 6 heteroatoms. The van der Waals surface area contributed by atoms with Crippen LogP contribution in [-0.2, 0) is 6.54 Å². The molecule has 28 heavy (non-hydrogen) atoms. The highest BCUT2D eigenvalue weighted by Crippen LogP contribution is 2.26. The molecule has 0 unspecified atom stereocenters. The summed E-state index contributed by atoms with van der Waals surface area (Å²) in [6.45, 7) is 0.228. The van der Waals surface area contributed by atoms with Crippen LogP contribution in [0.1, 0.15) is 26.3 Å². The van der Waals surface area contributed by atoms with Gasteiger partial charge in [-0.2, -0.15) is 0 Å². The van der Waals surface area contributed by atoms with Crippen molar-refractivity contribution in [2.75, 3.05) is 0 Å². The van der Waals surface area contributed by atoms with Crippen LogP contribution < -0.4 is 0 Å². The maximum Gasteiger partial charge on any atom is 0.261 e. The average Bonchev–Trinajstić information content (AvgIpc) is 3.23. The van der Waals surface area contributed by atoms with Gasteiger partial charge in [0.2, 0.25) is 0 Å². The number of amides is 2. The van der Waals surface area contributed by atoms with Gasteiger partial charge in [0.15, 0.2) is 0 Å². The standard InChI is InChI=1S/C22H14BrN3O2/c23-15-4-3-5-16(11-15)26-13-24-19-10-14(8-9-20(19)26)12-25-21(27)17-6-1-2-7-18(17)22(25)28/h1-11,13H,12H2. The van der Waals surface area contributed by atoms with E-state index >= 15 is 0 Å². The number of rotatable bonds is 3. The van der Waals surface area contributed by atoms with Crippen molar-refractivity contribution in [3.05, 3.63) is 94.2 Å². The lowest BCUT2D eigenvalue weighted by Crippen LogP contribution is -2.29. The molecule has 0 saturated carbocycles. The van der Waals surface area contributed by atoms with Crippen LogP contribution in [-0.4, -0.2) is 26.3 Å². The number of imide groups is 1. The van der Waals surface area contributed by atoms with E-state index in [1.165, 1.54) is 4.90 Å². The quantitative estimate of drug-likeness (QED) is 0.446. The summed E-state index contributed by atoms with van der Waals surface area (Å²) in [6, 6.07) is 20.7. The minimum Gasteiger partial charge on any atom is -0.299 e. The maximum absolute atomic E-state index is 12.6. The molecule has 1 aromatic heterocycles. The van der Waals surface area contributed by atoms with Crippen LogP contribution >= 0.6 is 15.9 Å². The second-order valence-electron chi connectivity index (χ2n) is 6.66. The van der Waals surface area contributed by atoms with E-state index < -0.39 is 0 Å². The Labute approximate surface area is 169 Å². The van der Waals surface area contributed by atoms with E-state index in [1.54, 1.807) is 30.6 Å². The van der Waals surface area contributed by atoms with Gasteiger partial charge in [-0.25, -0.2) is 4.98 Å². The minimum atomic E-state index is -0.250. The highest BCUT2D eigenvalue weighted by atomic mass is 79.9. The van der Waals surface area contributed by atoms with Crippen molar-refractivity contribution in [3.8, 4) is 5.69 Å². The number of carbonyl (C=O) groups is 2. The monoisotopic (exact) mass is 431 g/mol. The van der Waals surface area contributed by atoms with Gasteiger partial charge in [0, 0.05) is 10.2 Å². The Morgan fingerprint density at radius 1 is 0.857 bits per heavy atom. The summed E-state index contributed by atoms with van der Waals surface area (Å²) in [6.07, 6.45) is 1.78.